The number of aromatic nitrogens is 1. The molecule has 2 aromatic rings. The molecular formula is C70H106ClN3O7. The summed E-state index contributed by atoms with van der Waals surface area (Å²) in [5.41, 5.74) is 11.2. The van der Waals surface area contributed by atoms with Crippen molar-refractivity contribution in [1.82, 2.24) is 15.4 Å². The minimum Gasteiger partial charge on any atom is -0.515 e. The number of carbonyl (C=O) groups is 2. The van der Waals surface area contributed by atoms with Crippen LogP contribution in [0, 0.1) is 81.8 Å². The zero-order chi connectivity index (χ0) is 54.6. The van der Waals surface area contributed by atoms with Gasteiger partial charge >= 0.3 is 6.09 Å². The number of alkyl halides is 1. The summed E-state index contributed by atoms with van der Waals surface area (Å²) in [4.78, 5) is 28.2. The van der Waals surface area contributed by atoms with Gasteiger partial charge in [-0.2, -0.15) is 0 Å². The smallest absolute Gasteiger partial charge is 0.410 e. The van der Waals surface area contributed by atoms with Crippen LogP contribution >= 0.6 is 11.6 Å². The second-order valence-electron chi connectivity index (χ2n) is 28.7. The van der Waals surface area contributed by atoms with Crippen LogP contribution in [0.4, 0.5) is 4.79 Å². The average molecular weight is 1140 g/mol. The summed E-state index contributed by atoms with van der Waals surface area (Å²) >= 11 is 4.64. The maximum Gasteiger partial charge on any atom is 0.410 e. The van der Waals surface area contributed by atoms with Crippen LogP contribution in [0.15, 0.2) is 75.2 Å². The van der Waals surface area contributed by atoms with Gasteiger partial charge in [-0.1, -0.05) is 122 Å². The van der Waals surface area contributed by atoms with Gasteiger partial charge in [0.1, 0.15) is 12.9 Å². The minimum absolute atomic E-state index is 0. The number of fused-ring (bicyclic) bond motifs is 13. The number of carbonyl (C=O) groups excluding carboxylic acids is 2. The van der Waals surface area contributed by atoms with E-state index in [4.69, 9.17) is 18.7 Å². The number of hydrogen-bond donors (Lipinski definition) is 2. The molecule has 0 bridgehead atoms. The molecule has 5 heterocycles. The van der Waals surface area contributed by atoms with E-state index >= 15 is 0 Å². The fourth-order valence-electron chi connectivity index (χ4n) is 20.9. The molecule has 20 atom stereocenters. The molecule has 2 spiro atoms. The molecule has 4 saturated heterocycles. The predicted octanol–water partition coefficient (Wildman–Crippen LogP) is 16.3. The first kappa shape index (κ1) is 62.1. The van der Waals surface area contributed by atoms with Gasteiger partial charge in [-0.05, 0) is 205 Å². The number of Topliss-reactive ketones (excluding diaryl/α,β-unsaturated/α-hetero) is 1. The highest BCUT2D eigenvalue weighted by Crippen LogP contribution is 2.67. The molecular weight excluding hydrogens is 1030 g/mol. The number of aliphatic hydroxyl groups is 1. The van der Waals surface area contributed by atoms with Crippen LogP contribution in [0.25, 0.3) is 0 Å². The van der Waals surface area contributed by atoms with Gasteiger partial charge in [0, 0.05) is 48.4 Å². The van der Waals surface area contributed by atoms with E-state index in [1.54, 1.807) is 11.1 Å². The van der Waals surface area contributed by atoms with Crippen molar-refractivity contribution in [3.63, 3.8) is 0 Å². The van der Waals surface area contributed by atoms with Crippen molar-refractivity contribution in [2.75, 3.05) is 19.5 Å². The Hall–Kier alpha value is -3.44. The number of allylic oxidation sites excluding steroid dienone is 3. The molecule has 2 N–H and O–H groups in total. The highest BCUT2D eigenvalue weighted by molar-refractivity contribution is 6.15. The van der Waals surface area contributed by atoms with Gasteiger partial charge in [0.2, 0.25) is 0 Å². The van der Waals surface area contributed by atoms with Crippen LogP contribution in [0.1, 0.15) is 197 Å². The van der Waals surface area contributed by atoms with E-state index in [9.17, 15) is 14.7 Å². The van der Waals surface area contributed by atoms with E-state index < -0.39 is 0 Å². The van der Waals surface area contributed by atoms with Crippen LogP contribution < -0.4 is 5.32 Å². The van der Waals surface area contributed by atoms with Gasteiger partial charge in [0.25, 0.3) is 0 Å². The van der Waals surface area contributed by atoms with Crippen LogP contribution in [0.2, 0.25) is 0 Å². The number of rotatable bonds is 2. The van der Waals surface area contributed by atoms with Crippen LogP contribution in [0.5, 0.6) is 0 Å². The molecule has 12 aliphatic rings. The number of likely N-dealkylation sites (tertiary alicyclic amines) is 1. The van der Waals surface area contributed by atoms with Crippen molar-refractivity contribution < 1.29 is 33.4 Å². The van der Waals surface area contributed by atoms with Crippen molar-refractivity contribution in [2.45, 2.75) is 235 Å². The number of nitrogens with one attached hydrogen (secondary N) is 1. The van der Waals surface area contributed by atoms with Gasteiger partial charge in [-0.15, -0.1) is 11.6 Å². The molecule has 4 aliphatic heterocycles. The Morgan fingerprint density at radius 2 is 1.35 bits per heavy atom. The summed E-state index contributed by atoms with van der Waals surface area (Å²) in [6.45, 7) is 21.4. The lowest BCUT2D eigenvalue weighted by Gasteiger charge is -2.52. The van der Waals surface area contributed by atoms with Crippen LogP contribution in [0.3, 0.4) is 0 Å². The standard InChI is InChI=1S/C37H49NO5.C29H42N2O2.CH3Cl.3CH4/c1-22-14-33-34(38(19-22)35(41)42-21-25-8-6-5-7-9-25)24(3)37(43-33)13-12-28-29-11-10-27-15-32(40)26(20-39)18-36(27,4)31(29)16-30(28)23(2)17-37;1-16-9-26-27(30-14-16)18(3)29(33-26)8-7-21-22-6-5-20-10-25-19(15-32-31-25)13-28(20,4)24(22)11-23(21)17(2)12-29;1-2;;;/h5-9,20,22,24,27-29,31,33-34,39H,10-19,21H2,1-4H3;15-16,18,20-22,24,26-27,30H,5-14H2,1-4H3;1H3;3*1H4/b26-20-;;;;;/t22-,24+,27+,28-,29-,31-,33+,34-,36-,37-;16-,18+,20+,21-,22-,24-,26+,27-,28-,29-;;;;/m00..../s1. The number of ether oxygens (including phenoxy) is 3. The monoisotopic (exact) mass is 1140 g/mol. The maximum atomic E-state index is 13.5. The third-order valence-corrected chi connectivity index (χ3v) is 24.9. The molecule has 14 rings (SSSR count). The summed E-state index contributed by atoms with van der Waals surface area (Å²) in [6, 6.07) is 10.5. The zero-order valence-electron chi connectivity index (χ0n) is 48.8. The highest BCUT2D eigenvalue weighted by Gasteiger charge is 2.63. The summed E-state index contributed by atoms with van der Waals surface area (Å²) in [5, 5.41) is 18.0. The lowest BCUT2D eigenvalue weighted by Crippen LogP contribution is -2.54. The molecule has 1 aromatic carbocycles. The van der Waals surface area contributed by atoms with Crippen molar-refractivity contribution in [3.05, 3.63) is 87.5 Å². The first-order valence-electron chi connectivity index (χ1n) is 31.1. The molecule has 450 valence electrons. The van der Waals surface area contributed by atoms with Gasteiger partial charge in [-0.3, -0.25) is 4.79 Å². The van der Waals surface area contributed by atoms with Crippen molar-refractivity contribution in [2.24, 2.45) is 81.8 Å². The number of aliphatic hydroxyl groups excluding tert-OH is 1. The van der Waals surface area contributed by atoms with E-state index in [0.29, 0.717) is 71.7 Å². The largest absolute Gasteiger partial charge is 0.515 e. The third kappa shape index (κ3) is 10.4. The molecule has 81 heavy (non-hydrogen) atoms. The summed E-state index contributed by atoms with van der Waals surface area (Å²) in [5.74, 6) is 7.56. The fourth-order valence-corrected chi connectivity index (χ4v) is 20.9. The van der Waals surface area contributed by atoms with E-state index in [-0.39, 0.29) is 68.8 Å². The molecule has 5 saturated carbocycles. The zero-order valence-corrected chi connectivity index (χ0v) is 49.6. The van der Waals surface area contributed by atoms with Gasteiger partial charge in [0.15, 0.2) is 5.78 Å². The normalized spacial score (nSPS) is 43.8. The van der Waals surface area contributed by atoms with E-state index in [1.165, 1.54) is 81.0 Å². The lowest BCUT2D eigenvalue weighted by molar-refractivity contribution is -0.124. The molecule has 1 amide bonds. The number of ketones is 1. The average Bonchev–Trinajstić information content (AvgIpc) is 4.32. The molecule has 0 radical (unpaired) electrons. The van der Waals surface area contributed by atoms with E-state index in [1.807, 2.05) is 47.1 Å². The molecule has 0 unspecified atom stereocenters. The topological polar surface area (TPSA) is 123 Å². The minimum atomic E-state index is -0.251. The Kier molecular flexibility index (Phi) is 18.2. The highest BCUT2D eigenvalue weighted by atomic mass is 35.5. The second kappa shape index (κ2) is 23.8. The summed E-state index contributed by atoms with van der Waals surface area (Å²) < 4.78 is 25.5. The Bertz CT molecular complexity index is 2680. The first-order chi connectivity index (χ1) is 37.5. The quantitative estimate of drug-likeness (QED) is 0.131. The van der Waals surface area contributed by atoms with Crippen molar-refractivity contribution in [3.8, 4) is 0 Å². The lowest BCUT2D eigenvalue weighted by atomic mass is 9.51. The van der Waals surface area contributed by atoms with E-state index in [0.717, 1.165) is 106 Å². The Morgan fingerprint density at radius 1 is 0.765 bits per heavy atom. The fraction of sp³-hybridized carbons (Fsp3) is 0.757. The molecule has 10 nitrogen and oxygen atoms in total. The SMILES string of the molecule is C.C.C.CC1=C2C[C@H]3[C@@H](CC[C@@H]4CC(=O)/C(=C\O)C[C@@]43C)[C@@H]2CC[C@@]2(C1)O[C@@H]1C[C@H](C)CN(C(=O)OCc3ccccc3)[C@H]1[C@H]2C.CC1=C2C[C@H]3[C@@H](CC[C@@H]4Cc5nocc5C[C@@]43C)[C@@H]2CC[C@@]2(C1)O[C@@H]1C[C@H](C)CN[C@H]1[C@H]2C.CCl. The second-order valence-corrected chi connectivity index (χ2v) is 28.7. The Balaban J connectivity index is 0.000000188. The van der Waals surface area contributed by atoms with Crippen LogP contribution in [-0.4, -0.2) is 82.0 Å². The van der Waals surface area contributed by atoms with Crippen molar-refractivity contribution >= 4 is 23.5 Å². The predicted molar refractivity (Wildman–Crippen MR) is 326 cm³/mol. The van der Waals surface area contributed by atoms with Crippen LogP contribution in [-0.2, 0) is 38.5 Å². The number of amides is 1. The van der Waals surface area contributed by atoms with Gasteiger partial charge in [0.05, 0.1) is 41.4 Å². The number of halogens is 1. The molecule has 11 heteroatoms. The molecule has 9 fully saturated rings. The number of nitrogens with zero attached hydrogens (tertiary/aromatic N) is 2. The van der Waals surface area contributed by atoms with Gasteiger partial charge in [-0.25, -0.2) is 4.79 Å². The Morgan fingerprint density at radius 3 is 1.98 bits per heavy atom. The Labute approximate surface area is 494 Å². The maximum absolute atomic E-state index is 13.5. The third-order valence-electron chi connectivity index (χ3n) is 24.9. The first-order valence-corrected chi connectivity index (χ1v) is 31.9. The van der Waals surface area contributed by atoms with Crippen molar-refractivity contribution in [1.29, 1.82) is 0 Å². The number of benzene rings is 1. The number of piperidine rings is 2. The number of hydrogen-bond acceptors (Lipinski definition) is 9. The molecule has 8 aliphatic carbocycles. The van der Waals surface area contributed by atoms with E-state index in [2.05, 4.69) is 77.5 Å². The summed E-state index contributed by atoms with van der Waals surface area (Å²) in [7, 11) is 0. The summed E-state index contributed by atoms with van der Waals surface area (Å²) in [6.07, 6.45) is 25.0. The van der Waals surface area contributed by atoms with Gasteiger partial charge < -0.3 is 34.1 Å². The molecule has 1 aromatic heterocycles.